The Hall–Kier alpha value is -2.60. The average molecular weight is 294 g/mol. The topological polar surface area (TPSA) is 0 Å². The molecule has 0 N–H and O–H groups in total. The molecule has 1 saturated carbocycles. The van der Waals surface area contributed by atoms with Gasteiger partial charge in [-0.25, -0.2) is 0 Å². The summed E-state index contributed by atoms with van der Waals surface area (Å²) in [5.74, 6) is 0.722. The van der Waals surface area contributed by atoms with Crippen molar-refractivity contribution in [2.45, 2.75) is 18.8 Å². The van der Waals surface area contributed by atoms with Crippen LogP contribution in [-0.2, 0) is 0 Å². The molecule has 5 rings (SSSR count). The van der Waals surface area contributed by atoms with E-state index < -0.39 is 0 Å². The monoisotopic (exact) mass is 294 g/mol. The van der Waals surface area contributed by atoms with Gasteiger partial charge < -0.3 is 0 Å². The van der Waals surface area contributed by atoms with Crippen molar-refractivity contribution in [3.63, 3.8) is 0 Å². The number of fused-ring (bicyclic) bond motifs is 3. The van der Waals surface area contributed by atoms with Crippen LogP contribution in [0.5, 0.6) is 0 Å². The summed E-state index contributed by atoms with van der Waals surface area (Å²) in [6, 6.07) is 28.7. The molecule has 4 aromatic carbocycles. The molecule has 0 radical (unpaired) electrons. The van der Waals surface area contributed by atoms with Crippen LogP contribution in [0.4, 0.5) is 0 Å². The minimum atomic E-state index is 0.722. The van der Waals surface area contributed by atoms with Crippen LogP contribution >= 0.6 is 0 Å². The summed E-state index contributed by atoms with van der Waals surface area (Å²) in [7, 11) is 0. The predicted molar refractivity (Wildman–Crippen MR) is 98.9 cm³/mol. The summed E-state index contributed by atoms with van der Waals surface area (Å²) >= 11 is 0. The molecule has 0 nitrogen and oxygen atoms in total. The van der Waals surface area contributed by atoms with Gasteiger partial charge in [-0.2, -0.15) is 0 Å². The van der Waals surface area contributed by atoms with E-state index in [1.807, 2.05) is 0 Å². The fourth-order valence-corrected chi connectivity index (χ4v) is 3.88. The molecular weight excluding hydrogens is 276 g/mol. The second-order valence-corrected chi connectivity index (χ2v) is 6.52. The summed E-state index contributed by atoms with van der Waals surface area (Å²) in [5.41, 5.74) is 4.35. The van der Waals surface area contributed by atoms with Gasteiger partial charge in [0.25, 0.3) is 0 Å². The van der Waals surface area contributed by atoms with Gasteiger partial charge in [0, 0.05) is 0 Å². The maximum absolute atomic E-state index is 2.31. The summed E-state index contributed by atoms with van der Waals surface area (Å²) in [4.78, 5) is 0. The summed E-state index contributed by atoms with van der Waals surface area (Å²) in [6.07, 6.45) is 2.64. The molecule has 0 bridgehead atoms. The third-order valence-corrected chi connectivity index (χ3v) is 5.02. The van der Waals surface area contributed by atoms with Crippen molar-refractivity contribution in [1.29, 1.82) is 0 Å². The molecule has 0 heterocycles. The minimum absolute atomic E-state index is 0.722. The van der Waals surface area contributed by atoms with Crippen molar-refractivity contribution in [2.24, 2.45) is 0 Å². The van der Waals surface area contributed by atoms with E-state index in [-0.39, 0.29) is 0 Å². The molecule has 0 unspecified atom stereocenters. The van der Waals surface area contributed by atoms with Crippen LogP contribution in [0.25, 0.3) is 32.7 Å². The van der Waals surface area contributed by atoms with Gasteiger partial charge in [0.05, 0.1) is 0 Å². The largest absolute Gasteiger partial charge is 0.0622 e. The molecule has 0 aliphatic heterocycles. The van der Waals surface area contributed by atoms with Crippen LogP contribution in [0, 0.1) is 0 Å². The first-order valence-electron chi connectivity index (χ1n) is 8.42. The lowest BCUT2D eigenvalue weighted by Gasteiger charge is -2.17. The fraction of sp³-hybridized carbons (Fsp3) is 0.130. The molecule has 0 heteroatoms. The highest BCUT2D eigenvalue weighted by atomic mass is 14.3. The van der Waals surface area contributed by atoms with E-state index in [1.165, 1.54) is 45.5 Å². The van der Waals surface area contributed by atoms with Gasteiger partial charge in [0.2, 0.25) is 0 Å². The number of rotatable bonds is 2. The molecule has 0 amide bonds. The average Bonchev–Trinajstić information content (AvgIpc) is 3.46. The first-order chi connectivity index (χ1) is 11.4. The van der Waals surface area contributed by atoms with Crippen molar-refractivity contribution in [2.75, 3.05) is 0 Å². The molecule has 1 aliphatic carbocycles. The van der Waals surface area contributed by atoms with Crippen LogP contribution in [0.2, 0.25) is 0 Å². The Morgan fingerprint density at radius 3 is 1.70 bits per heavy atom. The van der Waals surface area contributed by atoms with Gasteiger partial charge in [0.15, 0.2) is 0 Å². The van der Waals surface area contributed by atoms with Crippen LogP contribution in [0.3, 0.4) is 0 Å². The Balaban J connectivity index is 2.03. The van der Waals surface area contributed by atoms with Crippen LogP contribution < -0.4 is 0 Å². The Bertz CT molecular complexity index is 1010. The molecule has 110 valence electrons. The number of benzene rings is 4. The van der Waals surface area contributed by atoms with E-state index >= 15 is 0 Å². The van der Waals surface area contributed by atoms with E-state index in [2.05, 4.69) is 78.9 Å². The fourth-order valence-electron chi connectivity index (χ4n) is 3.88. The first-order valence-corrected chi connectivity index (χ1v) is 8.42. The van der Waals surface area contributed by atoms with E-state index in [0.717, 1.165) is 5.92 Å². The lowest BCUT2D eigenvalue weighted by atomic mass is 9.86. The Morgan fingerprint density at radius 2 is 1.04 bits per heavy atom. The zero-order valence-corrected chi connectivity index (χ0v) is 13.0. The van der Waals surface area contributed by atoms with Crippen molar-refractivity contribution >= 4 is 21.5 Å². The Kier molecular flexibility index (Phi) is 2.78. The quantitative estimate of drug-likeness (QED) is 0.368. The molecule has 4 aromatic rings. The molecule has 0 spiro atoms. The standard InChI is InChI=1S/C23H18/c1-2-8-16(9-3-1)22-20-12-6-4-10-18(20)19-11-5-7-13-21(19)23(22)17-14-15-17/h1-13,17H,14-15H2. The van der Waals surface area contributed by atoms with Gasteiger partial charge >= 0.3 is 0 Å². The highest BCUT2D eigenvalue weighted by Gasteiger charge is 2.29. The van der Waals surface area contributed by atoms with Crippen molar-refractivity contribution in [3.05, 3.63) is 84.4 Å². The van der Waals surface area contributed by atoms with E-state index in [0.29, 0.717) is 0 Å². The molecule has 0 atom stereocenters. The molecule has 23 heavy (non-hydrogen) atoms. The van der Waals surface area contributed by atoms with Gasteiger partial charge in [-0.15, -0.1) is 0 Å². The minimum Gasteiger partial charge on any atom is -0.0622 e. The van der Waals surface area contributed by atoms with Gasteiger partial charge in [-0.05, 0) is 57.0 Å². The zero-order chi connectivity index (χ0) is 15.2. The second kappa shape index (κ2) is 4.96. The van der Waals surface area contributed by atoms with Crippen LogP contribution in [0.15, 0.2) is 78.9 Å². The third-order valence-electron chi connectivity index (χ3n) is 5.02. The summed E-state index contributed by atoms with van der Waals surface area (Å²) in [5, 5.41) is 5.59. The lowest BCUT2D eigenvalue weighted by molar-refractivity contribution is 1.16. The van der Waals surface area contributed by atoms with Crippen LogP contribution in [0.1, 0.15) is 24.3 Å². The normalized spacial score (nSPS) is 14.4. The Morgan fingerprint density at radius 1 is 0.522 bits per heavy atom. The maximum Gasteiger partial charge on any atom is -0.00641 e. The van der Waals surface area contributed by atoms with Crippen molar-refractivity contribution in [1.82, 2.24) is 0 Å². The second-order valence-electron chi connectivity index (χ2n) is 6.52. The van der Waals surface area contributed by atoms with E-state index in [9.17, 15) is 0 Å². The highest BCUT2D eigenvalue weighted by molar-refractivity contribution is 6.16. The molecule has 0 saturated heterocycles. The third kappa shape index (κ3) is 1.98. The molecule has 1 fully saturated rings. The number of hydrogen-bond acceptors (Lipinski definition) is 0. The van der Waals surface area contributed by atoms with Gasteiger partial charge in [0.1, 0.15) is 0 Å². The van der Waals surface area contributed by atoms with Crippen molar-refractivity contribution in [3.8, 4) is 11.1 Å². The zero-order valence-electron chi connectivity index (χ0n) is 13.0. The smallest absolute Gasteiger partial charge is 0.00641 e. The van der Waals surface area contributed by atoms with Crippen molar-refractivity contribution < 1.29 is 0 Å². The van der Waals surface area contributed by atoms with E-state index in [4.69, 9.17) is 0 Å². The van der Waals surface area contributed by atoms with Gasteiger partial charge in [-0.3, -0.25) is 0 Å². The molecule has 0 aromatic heterocycles. The molecule has 1 aliphatic rings. The number of hydrogen-bond donors (Lipinski definition) is 0. The van der Waals surface area contributed by atoms with Crippen LogP contribution in [-0.4, -0.2) is 0 Å². The Labute approximate surface area is 136 Å². The summed E-state index contributed by atoms with van der Waals surface area (Å²) in [6.45, 7) is 0. The van der Waals surface area contributed by atoms with E-state index in [1.54, 1.807) is 5.56 Å². The first kappa shape index (κ1) is 12.9. The summed E-state index contributed by atoms with van der Waals surface area (Å²) < 4.78 is 0. The van der Waals surface area contributed by atoms with Gasteiger partial charge in [-0.1, -0.05) is 78.9 Å². The predicted octanol–water partition coefficient (Wildman–Crippen LogP) is 6.54. The SMILES string of the molecule is c1ccc(-c2c(C3CC3)c3ccccc3c3ccccc23)cc1. The highest BCUT2D eigenvalue weighted by Crippen LogP contribution is 2.50. The molecular formula is C23H18. The maximum atomic E-state index is 2.31. The lowest BCUT2D eigenvalue weighted by Crippen LogP contribution is -1.93.